The van der Waals surface area contributed by atoms with E-state index in [4.69, 9.17) is 4.74 Å². The van der Waals surface area contributed by atoms with E-state index >= 15 is 0 Å². The molecule has 2 nitrogen and oxygen atoms in total. The number of carbonyl (C=O) groups excluding carboxylic acids is 1. The lowest BCUT2D eigenvalue weighted by atomic mass is 9.95. The molecule has 2 atom stereocenters. The maximum absolute atomic E-state index is 11.9. The molecular weight excluding hydrogens is 236 g/mol. The summed E-state index contributed by atoms with van der Waals surface area (Å²) in [5.74, 6) is 0.573. The van der Waals surface area contributed by atoms with Gasteiger partial charge in [0.25, 0.3) is 0 Å². The van der Waals surface area contributed by atoms with Crippen LogP contribution in [0.4, 0.5) is 0 Å². The van der Waals surface area contributed by atoms with Gasteiger partial charge >= 0.3 is 0 Å². The average Bonchev–Trinajstić information content (AvgIpc) is 2.64. The van der Waals surface area contributed by atoms with E-state index < -0.39 is 0 Å². The fourth-order valence-corrected chi connectivity index (χ4v) is 2.53. The van der Waals surface area contributed by atoms with E-state index in [1.165, 1.54) is 31.3 Å². The largest absolute Gasteiger partial charge is 0.378 e. The Morgan fingerprint density at radius 3 is 2.84 bits per heavy atom. The molecule has 0 amide bonds. The van der Waals surface area contributed by atoms with E-state index in [1.807, 2.05) is 19.9 Å². The monoisotopic (exact) mass is 266 g/mol. The molecule has 1 fully saturated rings. The van der Waals surface area contributed by atoms with Crippen molar-refractivity contribution in [1.29, 1.82) is 0 Å². The SMILES string of the molecule is CC(C)=CCC(=O)C(C)CCCC1CCCCCO1. The highest BCUT2D eigenvalue weighted by Crippen LogP contribution is 2.20. The van der Waals surface area contributed by atoms with Gasteiger partial charge in [0.15, 0.2) is 0 Å². The maximum atomic E-state index is 11.9. The Morgan fingerprint density at radius 1 is 1.32 bits per heavy atom. The molecule has 0 N–H and O–H groups in total. The lowest BCUT2D eigenvalue weighted by molar-refractivity contribution is -0.121. The first-order valence-corrected chi connectivity index (χ1v) is 7.87. The predicted molar refractivity (Wildman–Crippen MR) is 80.3 cm³/mol. The molecule has 2 unspecified atom stereocenters. The third kappa shape index (κ3) is 7.51. The molecule has 1 rings (SSSR count). The van der Waals surface area contributed by atoms with Crippen molar-refractivity contribution in [2.45, 2.75) is 78.2 Å². The van der Waals surface area contributed by atoms with Crippen molar-refractivity contribution in [2.75, 3.05) is 6.61 Å². The van der Waals surface area contributed by atoms with Gasteiger partial charge in [-0.3, -0.25) is 4.79 Å². The first-order valence-electron chi connectivity index (χ1n) is 7.87. The summed E-state index contributed by atoms with van der Waals surface area (Å²) in [7, 11) is 0. The van der Waals surface area contributed by atoms with Gasteiger partial charge in [-0.2, -0.15) is 0 Å². The van der Waals surface area contributed by atoms with Gasteiger partial charge in [0.05, 0.1) is 6.10 Å². The van der Waals surface area contributed by atoms with Crippen LogP contribution in [0.2, 0.25) is 0 Å². The molecule has 1 saturated heterocycles. The third-order valence-corrected chi connectivity index (χ3v) is 3.95. The predicted octanol–water partition coefficient (Wildman–Crippen LogP) is 4.68. The van der Waals surface area contributed by atoms with Crippen molar-refractivity contribution in [1.82, 2.24) is 0 Å². The number of Topliss-reactive ketones (excluding diaryl/α,β-unsaturated/α-hetero) is 1. The summed E-state index contributed by atoms with van der Waals surface area (Å²) in [6.07, 6.45) is 11.4. The van der Waals surface area contributed by atoms with Crippen LogP contribution in [0.3, 0.4) is 0 Å². The van der Waals surface area contributed by atoms with Crippen LogP contribution >= 0.6 is 0 Å². The quantitative estimate of drug-likeness (QED) is 0.625. The highest BCUT2D eigenvalue weighted by molar-refractivity contribution is 5.82. The summed E-state index contributed by atoms with van der Waals surface area (Å²) in [4.78, 5) is 11.9. The topological polar surface area (TPSA) is 26.3 Å². The molecule has 1 aliphatic rings. The zero-order valence-electron chi connectivity index (χ0n) is 12.9. The fraction of sp³-hybridized carbons (Fsp3) is 0.824. The normalized spacial score (nSPS) is 21.5. The van der Waals surface area contributed by atoms with Gasteiger partial charge in [-0.25, -0.2) is 0 Å². The summed E-state index contributed by atoms with van der Waals surface area (Å²) in [5.41, 5.74) is 1.23. The van der Waals surface area contributed by atoms with E-state index in [9.17, 15) is 4.79 Å². The van der Waals surface area contributed by atoms with E-state index in [-0.39, 0.29) is 5.92 Å². The summed E-state index contributed by atoms with van der Waals surface area (Å²) >= 11 is 0. The Labute approximate surface area is 118 Å². The van der Waals surface area contributed by atoms with Gasteiger partial charge in [0, 0.05) is 18.9 Å². The molecule has 0 radical (unpaired) electrons. The highest BCUT2D eigenvalue weighted by atomic mass is 16.5. The number of carbonyl (C=O) groups is 1. The second-order valence-electron chi connectivity index (χ2n) is 6.13. The molecule has 0 saturated carbocycles. The van der Waals surface area contributed by atoms with E-state index in [0.29, 0.717) is 18.3 Å². The number of hydrogen-bond acceptors (Lipinski definition) is 2. The summed E-state index contributed by atoms with van der Waals surface area (Å²) in [5, 5.41) is 0. The van der Waals surface area contributed by atoms with E-state index in [2.05, 4.69) is 6.92 Å². The fourth-order valence-electron chi connectivity index (χ4n) is 2.53. The molecule has 2 heteroatoms. The molecule has 0 spiro atoms. The molecule has 0 aromatic heterocycles. The van der Waals surface area contributed by atoms with E-state index in [1.54, 1.807) is 0 Å². The maximum Gasteiger partial charge on any atom is 0.139 e. The van der Waals surface area contributed by atoms with Crippen molar-refractivity contribution in [2.24, 2.45) is 5.92 Å². The minimum atomic E-state index is 0.196. The summed E-state index contributed by atoms with van der Waals surface area (Å²) in [6, 6.07) is 0. The van der Waals surface area contributed by atoms with Gasteiger partial charge in [0.1, 0.15) is 5.78 Å². The van der Waals surface area contributed by atoms with Crippen molar-refractivity contribution >= 4 is 5.78 Å². The van der Waals surface area contributed by atoms with Crippen LogP contribution < -0.4 is 0 Å². The minimum Gasteiger partial charge on any atom is -0.378 e. The Kier molecular flexibility index (Phi) is 8.04. The number of hydrogen-bond donors (Lipinski definition) is 0. The van der Waals surface area contributed by atoms with Crippen LogP contribution in [0, 0.1) is 5.92 Å². The molecule has 1 aliphatic heterocycles. The first kappa shape index (κ1) is 16.4. The van der Waals surface area contributed by atoms with Crippen LogP contribution in [-0.2, 0) is 9.53 Å². The van der Waals surface area contributed by atoms with Gasteiger partial charge < -0.3 is 4.74 Å². The van der Waals surface area contributed by atoms with Crippen molar-refractivity contribution in [3.8, 4) is 0 Å². The lowest BCUT2D eigenvalue weighted by Gasteiger charge is -2.16. The van der Waals surface area contributed by atoms with Gasteiger partial charge in [-0.15, -0.1) is 0 Å². The van der Waals surface area contributed by atoms with E-state index in [0.717, 1.165) is 25.9 Å². The minimum absolute atomic E-state index is 0.196. The standard InChI is InChI=1S/C17H30O2/c1-14(2)11-12-17(18)15(3)8-7-10-16-9-5-4-6-13-19-16/h11,15-16H,4-10,12-13H2,1-3H3. The first-order chi connectivity index (χ1) is 9.09. The molecule has 0 aliphatic carbocycles. The molecule has 1 heterocycles. The Bertz CT molecular complexity index is 282. The van der Waals surface area contributed by atoms with Crippen LogP contribution in [0.15, 0.2) is 11.6 Å². The highest BCUT2D eigenvalue weighted by Gasteiger charge is 2.15. The van der Waals surface area contributed by atoms with Crippen molar-refractivity contribution in [3.63, 3.8) is 0 Å². The number of ketones is 1. The Balaban J connectivity index is 2.16. The zero-order valence-corrected chi connectivity index (χ0v) is 12.9. The second-order valence-corrected chi connectivity index (χ2v) is 6.13. The Hall–Kier alpha value is -0.630. The van der Waals surface area contributed by atoms with Crippen LogP contribution in [0.25, 0.3) is 0 Å². The average molecular weight is 266 g/mol. The smallest absolute Gasteiger partial charge is 0.139 e. The van der Waals surface area contributed by atoms with Gasteiger partial charge in [0.2, 0.25) is 0 Å². The molecule has 19 heavy (non-hydrogen) atoms. The number of allylic oxidation sites excluding steroid dienone is 2. The van der Waals surface area contributed by atoms with Gasteiger partial charge in [-0.05, 0) is 39.5 Å². The van der Waals surface area contributed by atoms with Crippen molar-refractivity contribution in [3.05, 3.63) is 11.6 Å². The number of rotatable bonds is 7. The molecule has 0 bridgehead atoms. The Morgan fingerprint density at radius 2 is 2.11 bits per heavy atom. The van der Waals surface area contributed by atoms with Crippen molar-refractivity contribution < 1.29 is 9.53 Å². The molecule has 110 valence electrons. The lowest BCUT2D eigenvalue weighted by Crippen LogP contribution is -2.14. The molecule has 0 aromatic rings. The van der Waals surface area contributed by atoms with Crippen LogP contribution in [-0.4, -0.2) is 18.5 Å². The summed E-state index contributed by atoms with van der Waals surface area (Å²) in [6.45, 7) is 7.08. The van der Waals surface area contributed by atoms with Gasteiger partial charge in [-0.1, -0.05) is 37.8 Å². The van der Waals surface area contributed by atoms with Crippen LogP contribution in [0.5, 0.6) is 0 Å². The molecular formula is C17H30O2. The third-order valence-electron chi connectivity index (χ3n) is 3.95. The second kappa shape index (κ2) is 9.30. The van der Waals surface area contributed by atoms with Crippen LogP contribution in [0.1, 0.15) is 72.1 Å². The molecule has 0 aromatic carbocycles. The summed E-state index contributed by atoms with van der Waals surface area (Å²) < 4.78 is 5.83. The number of ether oxygens (including phenoxy) is 1. The zero-order chi connectivity index (χ0) is 14.1.